The topological polar surface area (TPSA) is 80.7 Å². The number of aliphatic hydroxyl groups excluding tert-OH is 1. The fourth-order valence-corrected chi connectivity index (χ4v) is 6.40. The minimum atomic E-state index is -0.571. The number of benzene rings is 3. The van der Waals surface area contributed by atoms with Gasteiger partial charge in [0.2, 0.25) is 6.29 Å². The zero-order valence-corrected chi connectivity index (χ0v) is 23.5. The monoisotopic (exact) mass is 568 g/mol. The molecular formula is C32H28N2O4S2. The number of carbonyl (C=O) groups excluding carboxylic acids is 1. The van der Waals surface area contributed by atoms with Crippen LogP contribution in [0.2, 0.25) is 0 Å². The number of hydrogen-bond donors (Lipinski definition) is 2. The van der Waals surface area contributed by atoms with Gasteiger partial charge in [0.1, 0.15) is 5.01 Å². The number of hydrogen-bond acceptors (Lipinski definition) is 7. The van der Waals surface area contributed by atoms with Gasteiger partial charge in [-0.3, -0.25) is 4.79 Å². The SMILES string of the molecule is Cc1ccc2nc(-c3ccc(NC(=O)C4=CC(c5ccsc5)CC(OCc5ccc(CO)cc5)O4)cc3)sc2c1. The zero-order chi connectivity index (χ0) is 27.5. The predicted octanol–water partition coefficient (Wildman–Crippen LogP) is 7.39. The largest absolute Gasteiger partial charge is 0.459 e. The molecule has 2 N–H and O–H groups in total. The number of carbonyl (C=O) groups is 1. The lowest BCUT2D eigenvalue weighted by Crippen LogP contribution is -2.29. The Hall–Kier alpha value is -3.82. The van der Waals surface area contributed by atoms with E-state index in [1.807, 2.05) is 66.1 Å². The third-order valence-electron chi connectivity index (χ3n) is 6.83. The summed E-state index contributed by atoms with van der Waals surface area (Å²) in [4.78, 5) is 18.0. The number of ether oxygens (including phenoxy) is 2. The summed E-state index contributed by atoms with van der Waals surface area (Å²) >= 11 is 3.28. The first-order chi connectivity index (χ1) is 19.5. The number of aromatic nitrogens is 1. The Kier molecular flexibility index (Phi) is 7.75. The Morgan fingerprint density at radius 1 is 1.07 bits per heavy atom. The highest BCUT2D eigenvalue weighted by molar-refractivity contribution is 7.21. The second-order valence-corrected chi connectivity index (χ2v) is 11.6. The number of fused-ring (bicyclic) bond motifs is 1. The van der Waals surface area contributed by atoms with E-state index in [0.717, 1.165) is 37.5 Å². The van der Waals surface area contributed by atoms with Crippen LogP contribution in [0.15, 0.2) is 95.4 Å². The lowest BCUT2D eigenvalue weighted by molar-refractivity contribution is -0.147. The van der Waals surface area contributed by atoms with Gasteiger partial charge in [-0.05, 0) is 88.5 Å². The fraction of sp³-hybridized carbons (Fsp3) is 0.188. The summed E-state index contributed by atoms with van der Waals surface area (Å²) in [5, 5.41) is 17.3. The molecule has 1 aliphatic heterocycles. The van der Waals surface area contributed by atoms with Gasteiger partial charge in [-0.25, -0.2) is 4.98 Å². The number of aryl methyl sites for hydroxylation is 1. The molecule has 8 heteroatoms. The van der Waals surface area contributed by atoms with E-state index in [0.29, 0.717) is 18.7 Å². The Morgan fingerprint density at radius 3 is 2.62 bits per heavy atom. The van der Waals surface area contributed by atoms with E-state index in [2.05, 4.69) is 35.8 Å². The number of nitrogens with zero attached hydrogens (tertiary/aromatic N) is 1. The molecule has 5 aromatic rings. The van der Waals surface area contributed by atoms with Crippen LogP contribution in [0.5, 0.6) is 0 Å². The molecular weight excluding hydrogens is 540 g/mol. The number of rotatable bonds is 8. The first kappa shape index (κ1) is 26.4. The van der Waals surface area contributed by atoms with Gasteiger partial charge in [-0.15, -0.1) is 11.3 Å². The maximum atomic E-state index is 13.3. The van der Waals surface area contributed by atoms with Crippen LogP contribution in [-0.4, -0.2) is 22.3 Å². The molecule has 3 aromatic carbocycles. The lowest BCUT2D eigenvalue weighted by atomic mass is 9.95. The van der Waals surface area contributed by atoms with Gasteiger partial charge in [0, 0.05) is 23.6 Å². The normalized spacial score (nSPS) is 16.9. The van der Waals surface area contributed by atoms with Crippen LogP contribution < -0.4 is 5.32 Å². The molecule has 0 spiro atoms. The van der Waals surface area contributed by atoms with Crippen molar-refractivity contribution < 1.29 is 19.4 Å². The van der Waals surface area contributed by atoms with E-state index < -0.39 is 6.29 Å². The molecule has 1 aliphatic rings. The van der Waals surface area contributed by atoms with Gasteiger partial charge >= 0.3 is 0 Å². The summed E-state index contributed by atoms with van der Waals surface area (Å²) in [7, 11) is 0. The molecule has 40 heavy (non-hydrogen) atoms. The Balaban J connectivity index is 1.15. The summed E-state index contributed by atoms with van der Waals surface area (Å²) in [6, 6.07) is 23.6. The van der Waals surface area contributed by atoms with Crippen LogP contribution in [0.4, 0.5) is 5.69 Å². The second-order valence-electron chi connectivity index (χ2n) is 9.78. The highest BCUT2D eigenvalue weighted by Crippen LogP contribution is 2.34. The van der Waals surface area contributed by atoms with Crippen molar-refractivity contribution in [2.45, 2.75) is 38.8 Å². The molecule has 6 nitrogen and oxygen atoms in total. The average Bonchev–Trinajstić information content (AvgIpc) is 3.67. The molecule has 0 saturated carbocycles. The number of aliphatic hydroxyl groups is 1. The van der Waals surface area contributed by atoms with Crippen molar-refractivity contribution in [3.8, 4) is 10.6 Å². The molecule has 0 bridgehead atoms. The molecule has 6 rings (SSSR count). The van der Waals surface area contributed by atoms with Crippen molar-refractivity contribution in [2.24, 2.45) is 0 Å². The van der Waals surface area contributed by atoms with Crippen LogP contribution >= 0.6 is 22.7 Å². The van der Waals surface area contributed by atoms with Gasteiger partial charge in [-0.2, -0.15) is 11.3 Å². The smallest absolute Gasteiger partial charge is 0.290 e. The van der Waals surface area contributed by atoms with Gasteiger partial charge in [-0.1, -0.05) is 30.3 Å². The molecule has 0 fully saturated rings. The number of amides is 1. The van der Waals surface area contributed by atoms with Crippen molar-refractivity contribution >= 4 is 44.5 Å². The molecule has 1 amide bonds. The number of allylic oxidation sites excluding steroid dienone is 1. The molecule has 2 unspecified atom stereocenters. The first-order valence-corrected chi connectivity index (χ1v) is 14.8. The van der Waals surface area contributed by atoms with Crippen molar-refractivity contribution in [1.82, 2.24) is 4.98 Å². The standard InChI is InChI=1S/C32H28N2O4S2/c1-20-2-11-27-29(14-20)40-32(34-27)23-7-9-26(10-8-23)33-31(36)28-15-25(24-12-13-39-19-24)16-30(38-28)37-18-22-5-3-21(17-35)4-6-22/h2-15,19,25,30,35H,16-18H2,1H3,(H,33,36). The minimum absolute atomic E-state index is 0.00286. The Bertz CT molecular complexity index is 1640. The van der Waals surface area contributed by atoms with Gasteiger partial charge in [0.25, 0.3) is 5.91 Å². The Morgan fingerprint density at radius 2 is 1.88 bits per heavy atom. The highest BCUT2D eigenvalue weighted by Gasteiger charge is 2.29. The van der Waals surface area contributed by atoms with Gasteiger partial charge in [0.15, 0.2) is 5.76 Å². The fourth-order valence-electron chi connectivity index (χ4n) is 4.61. The first-order valence-electron chi connectivity index (χ1n) is 13.0. The third-order valence-corrected chi connectivity index (χ3v) is 8.60. The maximum Gasteiger partial charge on any atom is 0.290 e. The Labute approximate surface area is 240 Å². The van der Waals surface area contributed by atoms with Crippen LogP contribution in [-0.2, 0) is 27.5 Å². The molecule has 0 radical (unpaired) electrons. The van der Waals surface area contributed by atoms with Crippen LogP contribution in [0.1, 0.15) is 34.6 Å². The molecule has 3 heterocycles. The van der Waals surface area contributed by atoms with Crippen molar-refractivity contribution in [1.29, 1.82) is 0 Å². The van der Waals surface area contributed by atoms with Gasteiger partial charge in [0.05, 0.1) is 23.4 Å². The summed E-state index contributed by atoms with van der Waals surface area (Å²) in [6.45, 7) is 2.42. The van der Waals surface area contributed by atoms with Crippen molar-refractivity contribution in [3.63, 3.8) is 0 Å². The highest BCUT2D eigenvalue weighted by atomic mass is 32.1. The van der Waals surface area contributed by atoms with Crippen LogP contribution in [0.3, 0.4) is 0 Å². The zero-order valence-electron chi connectivity index (χ0n) is 21.9. The quantitative estimate of drug-likeness (QED) is 0.204. The van der Waals surface area contributed by atoms with E-state index in [4.69, 9.17) is 14.5 Å². The van der Waals surface area contributed by atoms with E-state index in [1.54, 1.807) is 22.7 Å². The number of nitrogens with one attached hydrogen (secondary N) is 1. The summed E-state index contributed by atoms with van der Waals surface area (Å²) in [5.41, 5.74) is 6.83. The van der Waals surface area contributed by atoms with E-state index >= 15 is 0 Å². The average molecular weight is 569 g/mol. The third kappa shape index (κ3) is 6.00. The molecule has 0 saturated heterocycles. The lowest BCUT2D eigenvalue weighted by Gasteiger charge is -2.29. The molecule has 0 aliphatic carbocycles. The van der Waals surface area contributed by atoms with Crippen LogP contribution in [0.25, 0.3) is 20.8 Å². The maximum absolute atomic E-state index is 13.3. The summed E-state index contributed by atoms with van der Waals surface area (Å²) in [5.74, 6) is -0.0645. The molecule has 202 valence electrons. The van der Waals surface area contributed by atoms with Crippen LogP contribution in [0, 0.1) is 6.92 Å². The number of thiophene rings is 1. The number of thiazole rings is 1. The van der Waals surface area contributed by atoms with Crippen molar-refractivity contribution in [2.75, 3.05) is 5.32 Å². The van der Waals surface area contributed by atoms with Gasteiger partial charge < -0.3 is 19.9 Å². The minimum Gasteiger partial charge on any atom is -0.459 e. The molecule has 2 atom stereocenters. The second kappa shape index (κ2) is 11.7. The van der Waals surface area contributed by atoms with Crippen molar-refractivity contribution in [3.05, 3.63) is 118 Å². The predicted molar refractivity (Wildman–Crippen MR) is 160 cm³/mol. The summed E-state index contributed by atoms with van der Waals surface area (Å²) < 4.78 is 13.3. The molecule has 2 aromatic heterocycles. The number of anilines is 1. The van der Waals surface area contributed by atoms with E-state index in [9.17, 15) is 9.90 Å². The summed E-state index contributed by atoms with van der Waals surface area (Å²) in [6.07, 6.45) is 1.92. The van der Waals surface area contributed by atoms with E-state index in [1.165, 1.54) is 5.56 Å². The van der Waals surface area contributed by atoms with E-state index in [-0.39, 0.29) is 24.2 Å².